The van der Waals surface area contributed by atoms with Crippen molar-refractivity contribution in [3.63, 3.8) is 0 Å². The molecule has 3 rings (SSSR count). The van der Waals surface area contributed by atoms with Crippen LogP contribution in [0.25, 0.3) is 0 Å². The molecule has 3 heterocycles. The first kappa shape index (κ1) is 15.5. The van der Waals surface area contributed by atoms with E-state index in [-0.39, 0.29) is 11.9 Å². The van der Waals surface area contributed by atoms with Crippen molar-refractivity contribution in [1.82, 2.24) is 24.8 Å². The van der Waals surface area contributed by atoms with E-state index in [1.807, 2.05) is 11.8 Å². The van der Waals surface area contributed by atoms with Crippen LogP contribution in [0.5, 0.6) is 0 Å². The minimum absolute atomic E-state index is 0.0209. The van der Waals surface area contributed by atoms with E-state index in [1.165, 1.54) is 6.33 Å². The summed E-state index contributed by atoms with van der Waals surface area (Å²) in [5.41, 5.74) is 2.31. The molecular formula is C16H19N5O2. The Morgan fingerprint density at radius 3 is 2.96 bits per heavy atom. The second-order valence-corrected chi connectivity index (χ2v) is 5.45. The summed E-state index contributed by atoms with van der Waals surface area (Å²) in [5.74, 6) is -0.0726. The van der Waals surface area contributed by atoms with Gasteiger partial charge in [-0.15, -0.1) is 0 Å². The lowest BCUT2D eigenvalue weighted by Crippen LogP contribution is -2.49. The summed E-state index contributed by atoms with van der Waals surface area (Å²) in [6.45, 7) is 3.62. The summed E-state index contributed by atoms with van der Waals surface area (Å²) < 4.78 is 5.55. The van der Waals surface area contributed by atoms with E-state index >= 15 is 0 Å². The zero-order valence-corrected chi connectivity index (χ0v) is 13.1. The SMILES string of the molecule is Cc1nccnc1CCC1COCCN1C(=O)c1ccncn1. The van der Waals surface area contributed by atoms with Gasteiger partial charge in [-0.25, -0.2) is 9.97 Å². The molecule has 0 aromatic carbocycles. The maximum atomic E-state index is 12.6. The lowest BCUT2D eigenvalue weighted by atomic mass is 10.1. The summed E-state index contributed by atoms with van der Waals surface area (Å²) in [7, 11) is 0. The number of aromatic nitrogens is 4. The minimum Gasteiger partial charge on any atom is -0.377 e. The molecule has 0 saturated carbocycles. The normalized spacial score (nSPS) is 18.0. The second-order valence-electron chi connectivity index (χ2n) is 5.45. The van der Waals surface area contributed by atoms with Gasteiger partial charge in [0.15, 0.2) is 0 Å². The van der Waals surface area contributed by atoms with E-state index < -0.39 is 0 Å². The van der Waals surface area contributed by atoms with Crippen LogP contribution in [0.2, 0.25) is 0 Å². The quantitative estimate of drug-likeness (QED) is 0.839. The molecule has 1 amide bonds. The van der Waals surface area contributed by atoms with Crippen LogP contribution in [-0.2, 0) is 11.2 Å². The number of hydrogen-bond acceptors (Lipinski definition) is 6. The summed E-state index contributed by atoms with van der Waals surface area (Å²) in [6.07, 6.45) is 7.92. The third-order valence-electron chi connectivity index (χ3n) is 3.99. The molecular weight excluding hydrogens is 294 g/mol. The van der Waals surface area contributed by atoms with Crippen LogP contribution in [0.4, 0.5) is 0 Å². The molecule has 7 heteroatoms. The number of morpholine rings is 1. The number of amides is 1. The van der Waals surface area contributed by atoms with Gasteiger partial charge in [0.05, 0.1) is 30.6 Å². The highest BCUT2D eigenvalue weighted by Gasteiger charge is 2.28. The van der Waals surface area contributed by atoms with Crippen LogP contribution < -0.4 is 0 Å². The Labute approximate surface area is 134 Å². The highest BCUT2D eigenvalue weighted by molar-refractivity contribution is 5.92. The molecule has 23 heavy (non-hydrogen) atoms. The van der Waals surface area contributed by atoms with Crippen LogP contribution in [-0.4, -0.2) is 56.5 Å². The molecule has 0 aliphatic carbocycles. The Morgan fingerprint density at radius 1 is 1.30 bits per heavy atom. The monoisotopic (exact) mass is 313 g/mol. The molecule has 1 saturated heterocycles. The summed E-state index contributed by atoms with van der Waals surface area (Å²) in [4.78, 5) is 31.0. The van der Waals surface area contributed by atoms with E-state index in [0.29, 0.717) is 25.5 Å². The molecule has 120 valence electrons. The largest absolute Gasteiger partial charge is 0.377 e. The van der Waals surface area contributed by atoms with Gasteiger partial charge in [-0.2, -0.15) is 0 Å². The van der Waals surface area contributed by atoms with Crippen molar-refractivity contribution in [2.75, 3.05) is 19.8 Å². The predicted molar refractivity (Wildman–Crippen MR) is 82.8 cm³/mol. The van der Waals surface area contributed by atoms with Gasteiger partial charge in [-0.05, 0) is 25.8 Å². The highest BCUT2D eigenvalue weighted by atomic mass is 16.5. The van der Waals surface area contributed by atoms with Crippen molar-refractivity contribution in [3.05, 3.63) is 48.1 Å². The number of carbonyl (C=O) groups is 1. The van der Waals surface area contributed by atoms with E-state index in [0.717, 1.165) is 24.2 Å². The van der Waals surface area contributed by atoms with Gasteiger partial charge in [0.1, 0.15) is 12.0 Å². The van der Waals surface area contributed by atoms with E-state index in [4.69, 9.17) is 4.74 Å². The van der Waals surface area contributed by atoms with Crippen LogP contribution in [0.15, 0.2) is 31.0 Å². The van der Waals surface area contributed by atoms with E-state index in [1.54, 1.807) is 24.7 Å². The summed E-state index contributed by atoms with van der Waals surface area (Å²) >= 11 is 0. The van der Waals surface area contributed by atoms with Gasteiger partial charge in [0, 0.05) is 25.1 Å². The van der Waals surface area contributed by atoms with Crippen molar-refractivity contribution in [1.29, 1.82) is 0 Å². The van der Waals surface area contributed by atoms with E-state index in [2.05, 4.69) is 19.9 Å². The lowest BCUT2D eigenvalue weighted by molar-refractivity contribution is -0.00445. The molecule has 1 fully saturated rings. The van der Waals surface area contributed by atoms with Crippen LogP contribution in [0.3, 0.4) is 0 Å². The third kappa shape index (κ3) is 3.68. The molecule has 0 bridgehead atoms. The number of ether oxygens (including phenoxy) is 1. The molecule has 1 unspecified atom stereocenters. The second kappa shape index (κ2) is 7.23. The number of carbonyl (C=O) groups excluding carboxylic acids is 1. The van der Waals surface area contributed by atoms with Crippen molar-refractivity contribution in [2.24, 2.45) is 0 Å². The first-order valence-corrected chi connectivity index (χ1v) is 7.67. The zero-order chi connectivity index (χ0) is 16.1. The average Bonchev–Trinajstić information content (AvgIpc) is 2.61. The summed E-state index contributed by atoms with van der Waals surface area (Å²) in [6, 6.07) is 1.66. The minimum atomic E-state index is -0.0726. The van der Waals surface area contributed by atoms with Crippen molar-refractivity contribution >= 4 is 5.91 Å². The molecule has 0 N–H and O–H groups in total. The smallest absolute Gasteiger partial charge is 0.272 e. The first-order valence-electron chi connectivity index (χ1n) is 7.67. The van der Waals surface area contributed by atoms with Crippen molar-refractivity contribution in [2.45, 2.75) is 25.8 Å². The molecule has 1 atom stereocenters. The van der Waals surface area contributed by atoms with Gasteiger partial charge in [-0.3, -0.25) is 14.8 Å². The molecule has 1 aliphatic rings. The Kier molecular flexibility index (Phi) is 4.87. The van der Waals surface area contributed by atoms with Crippen molar-refractivity contribution in [3.8, 4) is 0 Å². The fraction of sp³-hybridized carbons (Fsp3) is 0.438. The van der Waals surface area contributed by atoms with Crippen LogP contribution >= 0.6 is 0 Å². The maximum Gasteiger partial charge on any atom is 0.272 e. The number of aryl methyl sites for hydroxylation is 2. The average molecular weight is 313 g/mol. The standard InChI is InChI=1S/C16H19N5O2/c1-12-14(19-7-6-18-12)3-2-13-10-23-9-8-21(13)16(22)15-4-5-17-11-20-15/h4-7,11,13H,2-3,8-10H2,1H3. The number of hydrogen-bond donors (Lipinski definition) is 0. The predicted octanol–water partition coefficient (Wildman–Crippen LogP) is 1.05. The Hall–Kier alpha value is -2.41. The maximum absolute atomic E-state index is 12.6. The summed E-state index contributed by atoms with van der Waals surface area (Å²) in [5, 5.41) is 0. The third-order valence-corrected chi connectivity index (χ3v) is 3.99. The van der Waals surface area contributed by atoms with E-state index in [9.17, 15) is 4.79 Å². The molecule has 7 nitrogen and oxygen atoms in total. The Balaban J connectivity index is 1.69. The lowest BCUT2D eigenvalue weighted by Gasteiger charge is -2.35. The molecule has 2 aromatic heterocycles. The Morgan fingerprint density at radius 2 is 2.17 bits per heavy atom. The van der Waals surface area contributed by atoms with Gasteiger partial charge in [-0.1, -0.05) is 0 Å². The zero-order valence-electron chi connectivity index (χ0n) is 13.1. The highest BCUT2D eigenvalue weighted by Crippen LogP contribution is 2.16. The van der Waals surface area contributed by atoms with Gasteiger partial charge < -0.3 is 9.64 Å². The molecule has 2 aromatic rings. The Bertz CT molecular complexity index is 665. The number of rotatable bonds is 4. The first-order chi connectivity index (χ1) is 11.3. The fourth-order valence-corrected chi connectivity index (χ4v) is 2.71. The molecule has 0 spiro atoms. The van der Waals surface area contributed by atoms with Gasteiger partial charge in [0.25, 0.3) is 5.91 Å². The van der Waals surface area contributed by atoms with Gasteiger partial charge in [0.2, 0.25) is 0 Å². The van der Waals surface area contributed by atoms with Crippen LogP contribution in [0.1, 0.15) is 28.3 Å². The van der Waals surface area contributed by atoms with Crippen LogP contribution in [0, 0.1) is 6.92 Å². The van der Waals surface area contributed by atoms with Gasteiger partial charge >= 0.3 is 0 Å². The topological polar surface area (TPSA) is 81.1 Å². The molecule has 0 radical (unpaired) electrons. The number of nitrogens with zero attached hydrogens (tertiary/aromatic N) is 5. The fourth-order valence-electron chi connectivity index (χ4n) is 2.71. The van der Waals surface area contributed by atoms with Crippen molar-refractivity contribution < 1.29 is 9.53 Å². The molecule has 1 aliphatic heterocycles.